The molecule has 0 aliphatic carbocycles. The number of carbonyl (C=O) groups is 1. The summed E-state index contributed by atoms with van der Waals surface area (Å²) in [6.45, 7) is 2.61. The molecule has 5 atom stereocenters. The summed E-state index contributed by atoms with van der Waals surface area (Å²) in [5.74, 6) is -0.665. The average molecular weight is 249 g/mol. The summed E-state index contributed by atoms with van der Waals surface area (Å²) in [6, 6.07) is 0. The van der Waals surface area contributed by atoms with Gasteiger partial charge in [0.25, 0.3) is 5.91 Å². The second-order valence-corrected chi connectivity index (χ2v) is 3.49. The van der Waals surface area contributed by atoms with Crippen LogP contribution in [0.25, 0.3) is 0 Å². The molecule has 0 spiro atoms. The van der Waals surface area contributed by atoms with Crippen LogP contribution in [-0.2, 0) is 14.4 Å². The number of ether oxygens (including phenoxy) is 1. The molecule has 0 bridgehead atoms. The number of carbonyl (C=O) groups excluding carboxylic acids is 1. The zero-order valence-electron chi connectivity index (χ0n) is 8.89. The Morgan fingerprint density at radius 3 is 2.53 bits per heavy atom. The van der Waals surface area contributed by atoms with Gasteiger partial charge in [0.05, 0.1) is 6.61 Å². The molecule has 1 fully saturated rings. The van der Waals surface area contributed by atoms with Crippen LogP contribution in [-0.4, -0.2) is 63.6 Å². The smallest absolute Gasteiger partial charge is 0.267 e. The van der Waals surface area contributed by atoms with Gasteiger partial charge in [-0.3, -0.25) is 4.79 Å². The van der Waals surface area contributed by atoms with Crippen LogP contribution >= 0.6 is 0 Å². The third-order valence-corrected chi connectivity index (χ3v) is 2.31. The topological polar surface area (TPSA) is 128 Å². The number of hydrogen-bond acceptors (Lipinski definition) is 7. The molecular weight excluding hydrogens is 234 g/mol. The summed E-state index contributed by atoms with van der Waals surface area (Å²) in [7, 11) is 0. The number of rotatable bonds is 4. The quantitative estimate of drug-likeness (QED) is 0.265. The molecular formula is C9H15NO7. The molecule has 0 saturated carbocycles. The molecule has 1 aliphatic heterocycles. The summed E-state index contributed by atoms with van der Waals surface area (Å²) >= 11 is 0. The summed E-state index contributed by atoms with van der Waals surface area (Å²) in [5.41, 5.74) is 1.90. The predicted octanol–water partition coefficient (Wildman–Crippen LogP) is -2.98. The Balaban J connectivity index is 2.59. The van der Waals surface area contributed by atoms with E-state index in [1.165, 1.54) is 0 Å². The summed E-state index contributed by atoms with van der Waals surface area (Å²) in [4.78, 5) is 15.5. The van der Waals surface area contributed by atoms with Crippen LogP contribution in [0.4, 0.5) is 0 Å². The molecule has 1 heterocycles. The molecule has 5 N–H and O–H groups in total. The van der Waals surface area contributed by atoms with Gasteiger partial charge in [0, 0.05) is 0 Å². The Hall–Kier alpha value is -1.03. The largest absolute Gasteiger partial charge is 0.394 e. The fraction of sp³-hybridized carbons (Fsp3) is 0.667. The van der Waals surface area contributed by atoms with Crippen molar-refractivity contribution in [1.29, 1.82) is 0 Å². The lowest BCUT2D eigenvalue weighted by Crippen LogP contribution is -2.60. The van der Waals surface area contributed by atoms with Crippen molar-refractivity contribution in [3.63, 3.8) is 0 Å². The second kappa shape index (κ2) is 6.05. The molecule has 0 radical (unpaired) electrons. The van der Waals surface area contributed by atoms with E-state index in [-0.39, 0.29) is 0 Å². The molecule has 0 unspecified atom stereocenters. The zero-order chi connectivity index (χ0) is 13.0. The fourth-order valence-corrected chi connectivity index (χ4v) is 1.32. The van der Waals surface area contributed by atoms with Crippen molar-refractivity contribution in [2.75, 3.05) is 6.61 Å². The van der Waals surface area contributed by atoms with Crippen molar-refractivity contribution in [2.45, 2.75) is 30.7 Å². The van der Waals surface area contributed by atoms with Crippen LogP contribution in [0.15, 0.2) is 12.7 Å². The third-order valence-electron chi connectivity index (χ3n) is 2.31. The van der Waals surface area contributed by atoms with E-state index in [4.69, 9.17) is 9.84 Å². The molecule has 1 amide bonds. The lowest BCUT2D eigenvalue weighted by Gasteiger charge is -2.38. The average Bonchev–Trinajstić information content (AvgIpc) is 2.34. The van der Waals surface area contributed by atoms with Gasteiger partial charge in [-0.2, -0.15) is 0 Å². The van der Waals surface area contributed by atoms with Crippen LogP contribution in [0, 0.1) is 0 Å². The van der Waals surface area contributed by atoms with E-state index < -0.39 is 43.2 Å². The SMILES string of the molecule is C=CC(=O)NO[C@@H]1O[C@H](CO)[C@H](O)[C@H](O)[C@H]1O. The van der Waals surface area contributed by atoms with Gasteiger partial charge >= 0.3 is 0 Å². The van der Waals surface area contributed by atoms with E-state index in [1.54, 1.807) is 0 Å². The molecule has 0 aromatic carbocycles. The Labute approximate surface area is 97.0 Å². The van der Waals surface area contributed by atoms with Crippen LogP contribution < -0.4 is 5.48 Å². The van der Waals surface area contributed by atoms with Gasteiger partial charge in [-0.1, -0.05) is 6.58 Å². The van der Waals surface area contributed by atoms with E-state index >= 15 is 0 Å². The summed E-state index contributed by atoms with van der Waals surface area (Å²) in [5, 5.41) is 37.2. The van der Waals surface area contributed by atoms with Crippen LogP contribution in [0.5, 0.6) is 0 Å². The Bertz CT molecular complexity index is 283. The van der Waals surface area contributed by atoms with Gasteiger partial charge in [0.15, 0.2) is 0 Å². The highest BCUT2D eigenvalue weighted by molar-refractivity contribution is 5.85. The number of hydroxylamine groups is 1. The molecule has 8 nitrogen and oxygen atoms in total. The standard InChI is InChI=1S/C9H15NO7/c1-2-5(12)10-17-9-8(15)7(14)6(13)4(3-11)16-9/h2,4,6-9,11,13-15H,1,3H2,(H,10,12)/t4-,6+,7+,8-,9+/m1/s1. The Morgan fingerprint density at radius 1 is 1.35 bits per heavy atom. The molecule has 1 saturated heterocycles. The van der Waals surface area contributed by atoms with Gasteiger partial charge in [-0.05, 0) is 6.08 Å². The number of nitrogens with one attached hydrogen (secondary N) is 1. The number of aliphatic hydroxyl groups is 4. The molecule has 17 heavy (non-hydrogen) atoms. The van der Waals surface area contributed by atoms with E-state index in [9.17, 15) is 20.1 Å². The van der Waals surface area contributed by atoms with Crippen molar-refractivity contribution < 1.29 is 34.8 Å². The normalized spacial score (nSPS) is 37.5. The second-order valence-electron chi connectivity index (χ2n) is 3.49. The van der Waals surface area contributed by atoms with Gasteiger partial charge in [-0.25, -0.2) is 10.3 Å². The lowest BCUT2D eigenvalue weighted by molar-refractivity contribution is -0.312. The van der Waals surface area contributed by atoms with E-state index in [2.05, 4.69) is 11.4 Å². The van der Waals surface area contributed by atoms with Gasteiger partial charge in [0.2, 0.25) is 6.29 Å². The van der Waals surface area contributed by atoms with Crippen molar-refractivity contribution in [3.05, 3.63) is 12.7 Å². The third kappa shape index (κ3) is 3.22. The first-order valence-corrected chi connectivity index (χ1v) is 4.89. The molecule has 0 aromatic rings. The van der Waals surface area contributed by atoms with Crippen LogP contribution in [0.1, 0.15) is 0 Å². The minimum Gasteiger partial charge on any atom is -0.394 e. The van der Waals surface area contributed by atoms with Crippen molar-refractivity contribution in [3.8, 4) is 0 Å². The molecule has 98 valence electrons. The van der Waals surface area contributed by atoms with Crippen LogP contribution in [0.2, 0.25) is 0 Å². The molecule has 1 aliphatic rings. The van der Waals surface area contributed by atoms with Crippen molar-refractivity contribution in [1.82, 2.24) is 5.48 Å². The highest BCUT2D eigenvalue weighted by Crippen LogP contribution is 2.21. The number of hydrogen-bond donors (Lipinski definition) is 5. The lowest BCUT2D eigenvalue weighted by atomic mass is 9.99. The Kier molecular flexibility index (Phi) is 5.00. The fourth-order valence-electron chi connectivity index (χ4n) is 1.32. The van der Waals surface area contributed by atoms with Crippen LogP contribution in [0.3, 0.4) is 0 Å². The first-order chi connectivity index (χ1) is 8.01. The maximum absolute atomic E-state index is 10.8. The zero-order valence-corrected chi connectivity index (χ0v) is 8.89. The monoisotopic (exact) mass is 249 g/mol. The maximum atomic E-state index is 10.8. The maximum Gasteiger partial charge on any atom is 0.267 e. The summed E-state index contributed by atoms with van der Waals surface area (Å²) < 4.78 is 4.94. The highest BCUT2D eigenvalue weighted by Gasteiger charge is 2.44. The van der Waals surface area contributed by atoms with E-state index in [0.29, 0.717) is 0 Å². The molecule has 1 rings (SSSR count). The minimum atomic E-state index is -1.56. The molecule has 8 heteroatoms. The van der Waals surface area contributed by atoms with Crippen molar-refractivity contribution >= 4 is 5.91 Å². The van der Waals surface area contributed by atoms with Gasteiger partial charge < -0.3 is 25.2 Å². The van der Waals surface area contributed by atoms with E-state index in [1.807, 2.05) is 5.48 Å². The van der Waals surface area contributed by atoms with Gasteiger partial charge in [0.1, 0.15) is 24.4 Å². The van der Waals surface area contributed by atoms with E-state index in [0.717, 1.165) is 6.08 Å². The predicted molar refractivity (Wildman–Crippen MR) is 53.2 cm³/mol. The minimum absolute atomic E-state index is 0.569. The number of amides is 1. The van der Waals surface area contributed by atoms with Gasteiger partial charge in [-0.15, -0.1) is 0 Å². The van der Waals surface area contributed by atoms with Crippen molar-refractivity contribution in [2.24, 2.45) is 0 Å². The first kappa shape index (κ1) is 14.0. The number of aliphatic hydroxyl groups excluding tert-OH is 4. The Morgan fingerprint density at radius 2 is 2.00 bits per heavy atom. The molecule has 0 aromatic heterocycles. The first-order valence-electron chi connectivity index (χ1n) is 4.89. The summed E-state index contributed by atoms with van der Waals surface area (Å²) in [6.07, 6.45) is -6.12. The highest BCUT2D eigenvalue weighted by atomic mass is 16.8.